The molecular formula is C10H10FNO2. The molecule has 0 spiro atoms. The number of nitrogens with zero attached hydrogens (tertiary/aromatic N) is 1. The smallest absolute Gasteiger partial charge is 0.123 e. The number of rotatable bonds is 4. The minimum absolute atomic E-state index is 0.0290. The summed E-state index contributed by atoms with van der Waals surface area (Å²) in [6, 6.07) is 7.30. The zero-order valence-corrected chi connectivity index (χ0v) is 7.48. The predicted molar refractivity (Wildman–Crippen MR) is 48.1 cm³/mol. The first kappa shape index (κ1) is 10.5. The zero-order chi connectivity index (χ0) is 10.4. The summed E-state index contributed by atoms with van der Waals surface area (Å²) in [5, 5.41) is 17.4. The highest BCUT2D eigenvalue weighted by Gasteiger charge is 2.03. The van der Waals surface area contributed by atoms with Gasteiger partial charge in [0.25, 0.3) is 0 Å². The molecule has 1 unspecified atom stereocenters. The fourth-order valence-corrected chi connectivity index (χ4v) is 0.888. The van der Waals surface area contributed by atoms with E-state index in [-0.39, 0.29) is 18.8 Å². The first-order valence-corrected chi connectivity index (χ1v) is 4.16. The number of hydrogen-bond acceptors (Lipinski definition) is 3. The third-order valence-corrected chi connectivity index (χ3v) is 1.58. The van der Waals surface area contributed by atoms with Gasteiger partial charge >= 0.3 is 0 Å². The van der Waals surface area contributed by atoms with Gasteiger partial charge in [-0.25, -0.2) is 4.39 Å². The Balaban J connectivity index is 2.39. The first-order valence-electron chi connectivity index (χ1n) is 4.16. The van der Waals surface area contributed by atoms with Crippen LogP contribution < -0.4 is 4.74 Å². The largest absolute Gasteiger partial charge is 0.491 e. The standard InChI is InChI=1S/C10H10FNO2/c11-8-1-3-10(4-2-8)14-7-9(13)5-6-12/h1-4,9,13H,5,7H2. The van der Waals surface area contributed by atoms with Crippen LogP contribution >= 0.6 is 0 Å². The molecule has 1 rings (SSSR count). The van der Waals surface area contributed by atoms with E-state index in [2.05, 4.69) is 0 Å². The molecule has 1 aromatic rings. The van der Waals surface area contributed by atoms with E-state index in [1.165, 1.54) is 24.3 Å². The van der Waals surface area contributed by atoms with Crippen molar-refractivity contribution in [1.29, 1.82) is 5.26 Å². The Morgan fingerprint density at radius 3 is 2.64 bits per heavy atom. The maximum absolute atomic E-state index is 12.5. The van der Waals surface area contributed by atoms with Crippen molar-refractivity contribution in [3.8, 4) is 11.8 Å². The van der Waals surface area contributed by atoms with Gasteiger partial charge in [0.1, 0.15) is 24.3 Å². The van der Waals surface area contributed by atoms with Crippen molar-refractivity contribution >= 4 is 0 Å². The quantitative estimate of drug-likeness (QED) is 0.791. The zero-order valence-electron chi connectivity index (χ0n) is 7.48. The molecule has 1 aromatic carbocycles. The Labute approximate surface area is 81.4 Å². The fraction of sp³-hybridized carbons (Fsp3) is 0.300. The van der Waals surface area contributed by atoms with Crippen LogP contribution in [0.25, 0.3) is 0 Å². The van der Waals surface area contributed by atoms with Crippen LogP contribution in [-0.4, -0.2) is 17.8 Å². The molecule has 74 valence electrons. The second-order valence-corrected chi connectivity index (χ2v) is 2.78. The summed E-state index contributed by atoms with van der Waals surface area (Å²) in [6.45, 7) is 0.0409. The summed E-state index contributed by atoms with van der Waals surface area (Å²) in [5.74, 6) is 0.137. The molecule has 0 aliphatic carbocycles. The van der Waals surface area contributed by atoms with Crippen LogP contribution in [0.15, 0.2) is 24.3 Å². The van der Waals surface area contributed by atoms with Crippen molar-refractivity contribution in [2.75, 3.05) is 6.61 Å². The lowest BCUT2D eigenvalue weighted by Crippen LogP contribution is -2.16. The maximum Gasteiger partial charge on any atom is 0.123 e. The molecule has 0 fully saturated rings. The third kappa shape index (κ3) is 3.42. The van der Waals surface area contributed by atoms with Crippen molar-refractivity contribution in [2.24, 2.45) is 0 Å². The lowest BCUT2D eigenvalue weighted by Gasteiger charge is -2.08. The van der Waals surface area contributed by atoms with Gasteiger partial charge in [0.15, 0.2) is 0 Å². The highest BCUT2D eigenvalue weighted by molar-refractivity contribution is 5.22. The monoisotopic (exact) mass is 195 g/mol. The van der Waals surface area contributed by atoms with Gasteiger partial charge in [-0.05, 0) is 24.3 Å². The van der Waals surface area contributed by atoms with E-state index < -0.39 is 6.10 Å². The van der Waals surface area contributed by atoms with Gasteiger partial charge in [-0.2, -0.15) is 5.26 Å². The normalized spacial score (nSPS) is 11.8. The van der Waals surface area contributed by atoms with E-state index >= 15 is 0 Å². The summed E-state index contributed by atoms with van der Waals surface area (Å²) >= 11 is 0. The molecule has 0 aromatic heterocycles. The molecule has 0 aliphatic heterocycles. The lowest BCUT2D eigenvalue weighted by atomic mass is 10.3. The minimum Gasteiger partial charge on any atom is -0.491 e. The highest BCUT2D eigenvalue weighted by Crippen LogP contribution is 2.11. The van der Waals surface area contributed by atoms with Gasteiger partial charge in [0.05, 0.1) is 12.5 Å². The van der Waals surface area contributed by atoms with Crippen molar-refractivity contribution in [2.45, 2.75) is 12.5 Å². The molecule has 0 saturated carbocycles. The van der Waals surface area contributed by atoms with Crippen LogP contribution in [0.3, 0.4) is 0 Å². The molecule has 4 heteroatoms. The molecule has 1 N–H and O–H groups in total. The second-order valence-electron chi connectivity index (χ2n) is 2.78. The average molecular weight is 195 g/mol. The molecule has 0 saturated heterocycles. The van der Waals surface area contributed by atoms with E-state index in [1.807, 2.05) is 6.07 Å². The molecule has 1 atom stereocenters. The SMILES string of the molecule is N#CCC(O)COc1ccc(F)cc1. The Hall–Kier alpha value is -1.60. The average Bonchev–Trinajstić information content (AvgIpc) is 2.17. The van der Waals surface area contributed by atoms with Crippen molar-refractivity contribution in [3.63, 3.8) is 0 Å². The molecule has 3 nitrogen and oxygen atoms in total. The molecule has 0 bridgehead atoms. The Morgan fingerprint density at radius 1 is 1.43 bits per heavy atom. The number of ether oxygens (including phenoxy) is 1. The van der Waals surface area contributed by atoms with Crippen LogP contribution in [0.5, 0.6) is 5.75 Å². The third-order valence-electron chi connectivity index (χ3n) is 1.58. The van der Waals surface area contributed by atoms with Gasteiger partial charge in [0, 0.05) is 0 Å². The van der Waals surface area contributed by atoms with E-state index in [9.17, 15) is 4.39 Å². The summed E-state index contributed by atoms with van der Waals surface area (Å²) in [7, 11) is 0. The van der Waals surface area contributed by atoms with Gasteiger partial charge in [-0.3, -0.25) is 0 Å². The summed E-state index contributed by atoms with van der Waals surface area (Å²) < 4.78 is 17.6. The Morgan fingerprint density at radius 2 is 2.07 bits per heavy atom. The molecule has 0 aliphatic rings. The van der Waals surface area contributed by atoms with Gasteiger partial charge < -0.3 is 9.84 Å². The van der Waals surface area contributed by atoms with E-state index in [4.69, 9.17) is 15.1 Å². The Kier molecular flexibility index (Phi) is 3.89. The van der Waals surface area contributed by atoms with Crippen LogP contribution in [0.4, 0.5) is 4.39 Å². The van der Waals surface area contributed by atoms with Crippen LogP contribution in [0, 0.1) is 17.1 Å². The fourth-order valence-electron chi connectivity index (χ4n) is 0.888. The van der Waals surface area contributed by atoms with Gasteiger partial charge in [-0.15, -0.1) is 0 Å². The summed E-state index contributed by atoms with van der Waals surface area (Å²) in [6.07, 6.45) is -0.772. The number of halogens is 1. The molecule has 0 heterocycles. The molecule has 0 amide bonds. The van der Waals surface area contributed by atoms with E-state index in [0.717, 1.165) is 0 Å². The Bertz CT molecular complexity index is 318. The molecule has 0 radical (unpaired) electrons. The van der Waals surface area contributed by atoms with Crippen LogP contribution in [0.2, 0.25) is 0 Å². The van der Waals surface area contributed by atoms with E-state index in [0.29, 0.717) is 5.75 Å². The summed E-state index contributed by atoms with van der Waals surface area (Å²) in [4.78, 5) is 0. The second kappa shape index (κ2) is 5.20. The molecule has 14 heavy (non-hydrogen) atoms. The number of aliphatic hydroxyl groups is 1. The van der Waals surface area contributed by atoms with Crippen LogP contribution in [0.1, 0.15) is 6.42 Å². The first-order chi connectivity index (χ1) is 6.72. The topological polar surface area (TPSA) is 53.2 Å². The van der Waals surface area contributed by atoms with Crippen molar-refractivity contribution < 1.29 is 14.2 Å². The minimum atomic E-state index is -0.801. The highest BCUT2D eigenvalue weighted by atomic mass is 19.1. The number of aliphatic hydroxyl groups excluding tert-OH is 1. The number of nitriles is 1. The van der Waals surface area contributed by atoms with Gasteiger partial charge in [0.2, 0.25) is 0 Å². The van der Waals surface area contributed by atoms with E-state index in [1.54, 1.807) is 0 Å². The molecular weight excluding hydrogens is 185 g/mol. The van der Waals surface area contributed by atoms with Gasteiger partial charge in [-0.1, -0.05) is 0 Å². The number of benzene rings is 1. The van der Waals surface area contributed by atoms with Crippen molar-refractivity contribution in [3.05, 3.63) is 30.1 Å². The lowest BCUT2D eigenvalue weighted by molar-refractivity contribution is 0.111. The maximum atomic E-state index is 12.5. The summed E-state index contributed by atoms with van der Waals surface area (Å²) in [5.41, 5.74) is 0. The van der Waals surface area contributed by atoms with Crippen molar-refractivity contribution in [1.82, 2.24) is 0 Å². The predicted octanol–water partition coefficient (Wildman–Crippen LogP) is 1.48. The van der Waals surface area contributed by atoms with Crippen LogP contribution in [-0.2, 0) is 0 Å². The number of hydrogen-bond donors (Lipinski definition) is 1.